The predicted molar refractivity (Wildman–Crippen MR) is 146 cm³/mol. The lowest BCUT2D eigenvalue weighted by Crippen LogP contribution is -2.29. The molecule has 1 aliphatic rings. The van der Waals surface area contributed by atoms with Gasteiger partial charge in [-0.3, -0.25) is 14.5 Å². The van der Waals surface area contributed by atoms with Gasteiger partial charge in [0.2, 0.25) is 0 Å². The molecule has 4 aromatic rings. The third-order valence-electron chi connectivity index (χ3n) is 6.54. The minimum atomic E-state index is -0.812. The molecular formula is C29H25ClN2O3S. The summed E-state index contributed by atoms with van der Waals surface area (Å²) in [5.74, 6) is -1.36. The summed E-state index contributed by atoms with van der Waals surface area (Å²) in [4.78, 5) is 33.0. The van der Waals surface area contributed by atoms with Crippen molar-refractivity contribution in [3.8, 4) is 0 Å². The summed E-state index contributed by atoms with van der Waals surface area (Å²) in [6, 6.07) is 19.6. The van der Waals surface area contributed by atoms with Gasteiger partial charge in [0.1, 0.15) is 5.76 Å². The predicted octanol–water partition coefficient (Wildman–Crippen LogP) is 7.26. The van der Waals surface area contributed by atoms with Crippen LogP contribution in [0.3, 0.4) is 0 Å². The monoisotopic (exact) mass is 516 g/mol. The molecule has 1 amide bonds. The average molecular weight is 517 g/mol. The maximum atomic E-state index is 13.4. The van der Waals surface area contributed by atoms with Crippen molar-refractivity contribution in [3.05, 3.63) is 99.6 Å². The van der Waals surface area contributed by atoms with E-state index in [4.69, 9.17) is 16.6 Å². The van der Waals surface area contributed by atoms with Crippen LogP contribution in [0.15, 0.2) is 72.3 Å². The van der Waals surface area contributed by atoms with E-state index in [1.165, 1.54) is 21.8 Å². The Morgan fingerprint density at radius 2 is 1.75 bits per heavy atom. The number of anilines is 1. The minimum Gasteiger partial charge on any atom is -0.507 e. The average Bonchev–Trinajstić information content (AvgIpc) is 3.41. The fourth-order valence-corrected chi connectivity index (χ4v) is 5.63. The van der Waals surface area contributed by atoms with Crippen LogP contribution in [0, 0.1) is 0 Å². The Kier molecular flexibility index (Phi) is 6.41. The normalized spacial score (nSPS) is 17.5. The van der Waals surface area contributed by atoms with Crippen LogP contribution in [0.4, 0.5) is 5.13 Å². The van der Waals surface area contributed by atoms with Crippen LogP contribution in [-0.2, 0) is 16.0 Å². The Labute approximate surface area is 218 Å². The number of benzene rings is 3. The Morgan fingerprint density at radius 3 is 2.39 bits per heavy atom. The van der Waals surface area contributed by atoms with Crippen molar-refractivity contribution in [2.45, 2.75) is 39.2 Å². The first-order valence-electron chi connectivity index (χ1n) is 11.8. The van der Waals surface area contributed by atoms with Gasteiger partial charge in [-0.15, -0.1) is 0 Å². The highest BCUT2D eigenvalue weighted by Gasteiger charge is 2.48. The largest absolute Gasteiger partial charge is 0.507 e. The van der Waals surface area contributed by atoms with Crippen LogP contribution in [-0.4, -0.2) is 21.8 Å². The molecule has 0 spiro atoms. The molecule has 182 valence electrons. The molecule has 3 aromatic carbocycles. The first-order valence-corrected chi connectivity index (χ1v) is 13.0. The second-order valence-corrected chi connectivity index (χ2v) is 10.6. The quantitative estimate of drug-likeness (QED) is 0.172. The second kappa shape index (κ2) is 9.52. The summed E-state index contributed by atoms with van der Waals surface area (Å²) >= 11 is 7.39. The topological polar surface area (TPSA) is 70.5 Å². The summed E-state index contributed by atoms with van der Waals surface area (Å²) in [6.07, 6.45) is 0.886. The van der Waals surface area contributed by atoms with Crippen molar-refractivity contribution in [1.82, 2.24) is 4.98 Å². The van der Waals surface area contributed by atoms with Gasteiger partial charge in [-0.05, 0) is 65.4 Å². The lowest BCUT2D eigenvalue weighted by molar-refractivity contribution is -0.132. The summed E-state index contributed by atoms with van der Waals surface area (Å²) in [6.45, 7) is 6.29. The van der Waals surface area contributed by atoms with Crippen molar-refractivity contribution in [3.63, 3.8) is 0 Å². The highest BCUT2D eigenvalue weighted by atomic mass is 35.5. The van der Waals surface area contributed by atoms with Gasteiger partial charge in [0, 0.05) is 10.6 Å². The fourth-order valence-electron chi connectivity index (χ4n) is 4.45. The number of thiazole rings is 1. The van der Waals surface area contributed by atoms with Crippen LogP contribution in [0.5, 0.6) is 0 Å². The number of rotatable bonds is 5. The molecule has 5 rings (SSSR count). The molecule has 1 aromatic heterocycles. The van der Waals surface area contributed by atoms with Crippen molar-refractivity contribution in [2.24, 2.45) is 0 Å². The molecule has 1 aliphatic heterocycles. The fraction of sp³-hybridized carbons (Fsp3) is 0.207. The van der Waals surface area contributed by atoms with Crippen LogP contribution < -0.4 is 4.90 Å². The number of halogens is 1. The molecule has 1 atom stereocenters. The van der Waals surface area contributed by atoms with E-state index in [0.29, 0.717) is 21.6 Å². The molecule has 7 heteroatoms. The van der Waals surface area contributed by atoms with Gasteiger partial charge in [-0.25, -0.2) is 4.98 Å². The highest BCUT2D eigenvalue weighted by Crippen LogP contribution is 2.44. The van der Waals surface area contributed by atoms with E-state index in [1.54, 1.807) is 24.3 Å². The zero-order chi connectivity index (χ0) is 25.6. The van der Waals surface area contributed by atoms with Gasteiger partial charge < -0.3 is 5.11 Å². The Morgan fingerprint density at radius 1 is 1.06 bits per heavy atom. The van der Waals surface area contributed by atoms with Crippen LogP contribution in [0.25, 0.3) is 16.0 Å². The van der Waals surface area contributed by atoms with E-state index in [0.717, 1.165) is 27.8 Å². The summed E-state index contributed by atoms with van der Waals surface area (Å²) < 4.78 is 0.942. The van der Waals surface area contributed by atoms with E-state index in [1.807, 2.05) is 36.4 Å². The van der Waals surface area contributed by atoms with Gasteiger partial charge in [0.05, 0.1) is 21.8 Å². The Balaban J connectivity index is 1.70. The number of nitrogens with zero attached hydrogens (tertiary/aromatic N) is 2. The molecule has 5 nitrogen and oxygen atoms in total. The number of amides is 1. The maximum Gasteiger partial charge on any atom is 0.301 e. The first-order chi connectivity index (χ1) is 17.3. The standard InChI is InChI=1S/C29H25ClN2O3S/c1-4-17-5-14-22-23(15-17)36-29(31-22)32-25(19-8-6-18(7-9-19)16(2)3)24(27(34)28(32)35)26(33)20-10-12-21(30)13-11-20/h5-16,25,33H,4H2,1-3H3/b26-24+/t25-/m1/s1. The number of aliphatic hydroxyl groups is 1. The van der Waals surface area contributed by atoms with Gasteiger partial charge in [0.25, 0.3) is 5.78 Å². The van der Waals surface area contributed by atoms with Gasteiger partial charge >= 0.3 is 5.91 Å². The third-order valence-corrected chi connectivity index (χ3v) is 7.81. The van der Waals surface area contributed by atoms with E-state index in [-0.39, 0.29) is 11.3 Å². The SMILES string of the molecule is CCc1ccc2nc(N3C(=O)C(=O)/C(=C(/O)c4ccc(Cl)cc4)[C@H]3c3ccc(C(C)C)cc3)sc2c1. The Hall–Kier alpha value is -3.48. The van der Waals surface area contributed by atoms with Crippen molar-refractivity contribution in [2.75, 3.05) is 4.90 Å². The molecule has 1 fully saturated rings. The zero-order valence-electron chi connectivity index (χ0n) is 20.2. The van der Waals surface area contributed by atoms with E-state index in [2.05, 4.69) is 26.8 Å². The van der Waals surface area contributed by atoms with Crippen molar-refractivity contribution >= 4 is 55.7 Å². The number of aryl methyl sites for hydroxylation is 1. The van der Waals surface area contributed by atoms with Gasteiger partial charge in [-0.2, -0.15) is 0 Å². The molecule has 0 bridgehead atoms. The number of hydrogen-bond donors (Lipinski definition) is 1. The smallest absolute Gasteiger partial charge is 0.301 e. The number of carbonyl (C=O) groups is 2. The van der Waals surface area contributed by atoms with Crippen LogP contribution >= 0.6 is 22.9 Å². The number of aliphatic hydroxyl groups excluding tert-OH is 1. The first kappa shape index (κ1) is 24.2. The zero-order valence-corrected chi connectivity index (χ0v) is 21.7. The van der Waals surface area contributed by atoms with Crippen LogP contribution in [0.2, 0.25) is 5.02 Å². The maximum absolute atomic E-state index is 13.4. The third kappa shape index (κ3) is 4.21. The van der Waals surface area contributed by atoms with Crippen molar-refractivity contribution < 1.29 is 14.7 Å². The number of fused-ring (bicyclic) bond motifs is 1. The number of hydrogen-bond acceptors (Lipinski definition) is 5. The molecule has 0 aliphatic carbocycles. The number of ketones is 1. The summed E-state index contributed by atoms with van der Waals surface area (Å²) in [5.41, 5.74) is 4.25. The summed E-state index contributed by atoms with van der Waals surface area (Å²) in [5, 5.41) is 12.2. The number of aromatic nitrogens is 1. The lowest BCUT2D eigenvalue weighted by atomic mass is 9.93. The molecular weight excluding hydrogens is 492 g/mol. The van der Waals surface area contributed by atoms with E-state index >= 15 is 0 Å². The molecule has 0 unspecified atom stereocenters. The number of Topliss-reactive ketones (excluding diaryl/α,β-unsaturated/α-hetero) is 1. The summed E-state index contributed by atoms with van der Waals surface area (Å²) in [7, 11) is 0. The molecule has 2 heterocycles. The molecule has 1 saturated heterocycles. The van der Waals surface area contributed by atoms with Gasteiger partial charge in [-0.1, -0.05) is 74.0 Å². The van der Waals surface area contributed by atoms with Crippen LogP contribution in [0.1, 0.15) is 55.0 Å². The lowest BCUT2D eigenvalue weighted by Gasteiger charge is -2.23. The minimum absolute atomic E-state index is 0.0353. The van der Waals surface area contributed by atoms with Gasteiger partial charge in [0.15, 0.2) is 5.13 Å². The van der Waals surface area contributed by atoms with E-state index in [9.17, 15) is 14.7 Å². The van der Waals surface area contributed by atoms with E-state index < -0.39 is 17.7 Å². The second-order valence-electron chi connectivity index (χ2n) is 9.15. The highest BCUT2D eigenvalue weighted by molar-refractivity contribution is 7.22. The Bertz CT molecular complexity index is 1500. The molecule has 36 heavy (non-hydrogen) atoms. The molecule has 0 radical (unpaired) electrons. The molecule has 0 saturated carbocycles. The number of carbonyl (C=O) groups excluding carboxylic acids is 2. The molecule has 1 N–H and O–H groups in total. The van der Waals surface area contributed by atoms with Crippen molar-refractivity contribution in [1.29, 1.82) is 0 Å².